The van der Waals surface area contributed by atoms with Gasteiger partial charge in [0, 0.05) is 29.8 Å². The number of rotatable bonds is 5. The summed E-state index contributed by atoms with van der Waals surface area (Å²) in [6, 6.07) is 3.20. The lowest BCUT2D eigenvalue weighted by atomic mass is 10.1. The van der Waals surface area contributed by atoms with E-state index in [2.05, 4.69) is 25.8 Å². The highest BCUT2D eigenvalue weighted by molar-refractivity contribution is 9.10. The molecular weight excluding hydrogens is 358 g/mol. The minimum atomic E-state index is -3.68. The summed E-state index contributed by atoms with van der Waals surface area (Å²) >= 11 is 3.29. The first-order chi connectivity index (χ1) is 9.83. The average Bonchev–Trinajstić information content (AvgIpc) is 2.85. The van der Waals surface area contributed by atoms with Gasteiger partial charge in [0.25, 0.3) is 0 Å². The van der Waals surface area contributed by atoms with E-state index in [-0.39, 0.29) is 18.0 Å². The molecule has 2 aromatic rings. The van der Waals surface area contributed by atoms with Gasteiger partial charge in [-0.1, -0.05) is 6.07 Å². The van der Waals surface area contributed by atoms with Gasteiger partial charge in [0.2, 0.25) is 10.0 Å². The van der Waals surface area contributed by atoms with E-state index in [1.807, 2.05) is 0 Å². The highest BCUT2D eigenvalue weighted by atomic mass is 79.9. The van der Waals surface area contributed by atoms with Crippen molar-refractivity contribution in [2.24, 2.45) is 7.05 Å². The van der Waals surface area contributed by atoms with Gasteiger partial charge in [-0.05, 0) is 40.0 Å². The Hall–Kier alpha value is -1.22. The molecule has 8 heteroatoms. The first-order valence-corrected chi connectivity index (χ1v) is 8.48. The standard InChI is InChI=1S/C13H16BrN3O3S/c1-9-3-10(8-18)4-12(13(9)14)21(19,20)16-6-11-5-15-17(2)7-11/h3-5,7,16,18H,6,8H2,1-2H3. The molecule has 0 aliphatic heterocycles. The Morgan fingerprint density at radius 1 is 1.38 bits per heavy atom. The minimum absolute atomic E-state index is 0.121. The molecule has 0 bridgehead atoms. The molecule has 114 valence electrons. The van der Waals surface area contributed by atoms with Crippen molar-refractivity contribution in [1.82, 2.24) is 14.5 Å². The Morgan fingerprint density at radius 3 is 2.67 bits per heavy atom. The molecule has 0 radical (unpaired) electrons. The summed E-state index contributed by atoms with van der Waals surface area (Å²) in [5, 5.41) is 13.2. The molecule has 0 fully saturated rings. The number of aryl methyl sites for hydroxylation is 2. The van der Waals surface area contributed by atoms with Gasteiger partial charge in [-0.2, -0.15) is 5.10 Å². The van der Waals surface area contributed by atoms with Crippen molar-refractivity contribution in [2.75, 3.05) is 0 Å². The highest BCUT2D eigenvalue weighted by Gasteiger charge is 2.19. The molecule has 21 heavy (non-hydrogen) atoms. The van der Waals surface area contributed by atoms with E-state index < -0.39 is 10.0 Å². The van der Waals surface area contributed by atoms with Crippen molar-refractivity contribution in [1.29, 1.82) is 0 Å². The van der Waals surface area contributed by atoms with E-state index in [4.69, 9.17) is 0 Å². The SMILES string of the molecule is Cc1cc(CO)cc(S(=O)(=O)NCc2cnn(C)c2)c1Br. The quantitative estimate of drug-likeness (QED) is 0.830. The monoisotopic (exact) mass is 373 g/mol. The van der Waals surface area contributed by atoms with Crippen molar-refractivity contribution >= 4 is 26.0 Å². The number of benzene rings is 1. The molecule has 0 unspecified atom stereocenters. The fraction of sp³-hybridized carbons (Fsp3) is 0.308. The van der Waals surface area contributed by atoms with Crippen LogP contribution in [0.15, 0.2) is 33.9 Å². The summed E-state index contributed by atoms with van der Waals surface area (Å²) in [4.78, 5) is 0.121. The molecule has 1 heterocycles. The third-order valence-electron chi connectivity index (χ3n) is 2.98. The Morgan fingerprint density at radius 2 is 2.10 bits per heavy atom. The number of nitrogens with zero attached hydrogens (tertiary/aromatic N) is 2. The summed E-state index contributed by atoms with van der Waals surface area (Å²) in [6.07, 6.45) is 3.35. The zero-order valence-electron chi connectivity index (χ0n) is 11.7. The molecule has 0 atom stereocenters. The predicted molar refractivity (Wildman–Crippen MR) is 82.0 cm³/mol. The van der Waals surface area contributed by atoms with Crippen LogP contribution in [-0.4, -0.2) is 23.3 Å². The van der Waals surface area contributed by atoms with Crippen LogP contribution in [0.2, 0.25) is 0 Å². The van der Waals surface area contributed by atoms with Gasteiger partial charge >= 0.3 is 0 Å². The van der Waals surface area contributed by atoms with Crippen molar-refractivity contribution in [3.63, 3.8) is 0 Å². The fourth-order valence-corrected chi connectivity index (χ4v) is 4.00. The van der Waals surface area contributed by atoms with Crippen LogP contribution >= 0.6 is 15.9 Å². The molecule has 0 aliphatic carbocycles. The normalized spacial score (nSPS) is 11.8. The number of aliphatic hydroxyl groups is 1. The van der Waals surface area contributed by atoms with Gasteiger partial charge in [0.15, 0.2) is 0 Å². The second kappa shape index (κ2) is 6.27. The fourth-order valence-electron chi connectivity index (χ4n) is 1.92. The van der Waals surface area contributed by atoms with Gasteiger partial charge in [-0.25, -0.2) is 13.1 Å². The van der Waals surface area contributed by atoms with E-state index in [1.54, 1.807) is 37.1 Å². The van der Waals surface area contributed by atoms with Crippen LogP contribution in [0.25, 0.3) is 0 Å². The van der Waals surface area contributed by atoms with E-state index in [9.17, 15) is 13.5 Å². The molecule has 6 nitrogen and oxygen atoms in total. The Balaban J connectivity index is 2.29. The van der Waals surface area contributed by atoms with Crippen molar-refractivity contribution < 1.29 is 13.5 Å². The Bertz CT molecular complexity index is 756. The van der Waals surface area contributed by atoms with E-state index in [0.717, 1.165) is 11.1 Å². The van der Waals surface area contributed by atoms with Crippen LogP contribution in [-0.2, 0) is 30.2 Å². The molecule has 0 saturated heterocycles. The first kappa shape index (κ1) is 16.2. The van der Waals surface area contributed by atoms with Crippen molar-refractivity contribution in [3.05, 3.63) is 45.7 Å². The second-order valence-electron chi connectivity index (χ2n) is 4.73. The van der Waals surface area contributed by atoms with E-state index in [0.29, 0.717) is 10.0 Å². The highest BCUT2D eigenvalue weighted by Crippen LogP contribution is 2.27. The maximum absolute atomic E-state index is 12.4. The molecule has 0 saturated carbocycles. The summed E-state index contributed by atoms with van der Waals surface area (Å²) in [7, 11) is -1.91. The van der Waals surface area contributed by atoms with Gasteiger partial charge in [0.05, 0.1) is 17.7 Å². The number of hydrogen-bond acceptors (Lipinski definition) is 4. The summed E-state index contributed by atoms with van der Waals surface area (Å²) < 4.78 is 29.4. The summed E-state index contributed by atoms with van der Waals surface area (Å²) in [6.45, 7) is 1.73. The van der Waals surface area contributed by atoms with Gasteiger partial charge < -0.3 is 5.11 Å². The number of nitrogens with one attached hydrogen (secondary N) is 1. The van der Waals surface area contributed by atoms with Crippen LogP contribution in [0.3, 0.4) is 0 Å². The van der Waals surface area contributed by atoms with Crippen LogP contribution in [0, 0.1) is 6.92 Å². The lowest BCUT2D eigenvalue weighted by molar-refractivity contribution is 0.281. The summed E-state index contributed by atoms with van der Waals surface area (Å²) in [5.74, 6) is 0. The number of sulfonamides is 1. The zero-order valence-corrected chi connectivity index (χ0v) is 14.1. The lowest BCUT2D eigenvalue weighted by Gasteiger charge is -2.11. The largest absolute Gasteiger partial charge is 0.392 e. The molecule has 2 N–H and O–H groups in total. The average molecular weight is 374 g/mol. The predicted octanol–water partition coefficient (Wildman–Crippen LogP) is 1.46. The third-order valence-corrected chi connectivity index (χ3v) is 5.72. The van der Waals surface area contributed by atoms with Gasteiger partial charge in [-0.15, -0.1) is 0 Å². The van der Waals surface area contributed by atoms with Gasteiger partial charge in [-0.3, -0.25) is 4.68 Å². The Kier molecular flexibility index (Phi) is 4.82. The minimum Gasteiger partial charge on any atom is -0.392 e. The molecule has 1 aromatic heterocycles. The number of halogens is 1. The second-order valence-corrected chi connectivity index (χ2v) is 7.26. The molecular formula is C13H16BrN3O3S. The number of hydrogen-bond donors (Lipinski definition) is 2. The maximum Gasteiger partial charge on any atom is 0.242 e. The smallest absolute Gasteiger partial charge is 0.242 e. The van der Waals surface area contributed by atoms with Crippen LogP contribution < -0.4 is 4.72 Å². The Labute approximate surface area is 132 Å². The topological polar surface area (TPSA) is 84.2 Å². The van der Waals surface area contributed by atoms with Crippen molar-refractivity contribution in [3.8, 4) is 0 Å². The number of aromatic nitrogens is 2. The van der Waals surface area contributed by atoms with E-state index >= 15 is 0 Å². The van der Waals surface area contributed by atoms with Crippen LogP contribution in [0.4, 0.5) is 0 Å². The van der Waals surface area contributed by atoms with Crippen LogP contribution in [0.5, 0.6) is 0 Å². The van der Waals surface area contributed by atoms with Crippen molar-refractivity contribution in [2.45, 2.75) is 25.0 Å². The molecule has 2 rings (SSSR count). The molecule has 0 aliphatic rings. The third kappa shape index (κ3) is 3.70. The van der Waals surface area contributed by atoms with Crippen LogP contribution in [0.1, 0.15) is 16.7 Å². The number of aliphatic hydroxyl groups excluding tert-OH is 1. The van der Waals surface area contributed by atoms with E-state index in [1.165, 1.54) is 6.07 Å². The molecule has 0 amide bonds. The molecule has 0 spiro atoms. The van der Waals surface area contributed by atoms with Gasteiger partial charge in [0.1, 0.15) is 0 Å². The first-order valence-electron chi connectivity index (χ1n) is 6.20. The lowest BCUT2D eigenvalue weighted by Crippen LogP contribution is -2.23. The maximum atomic E-state index is 12.4. The zero-order chi connectivity index (χ0) is 15.6. The molecule has 1 aromatic carbocycles. The summed E-state index contributed by atoms with van der Waals surface area (Å²) in [5.41, 5.74) is 2.08.